The lowest BCUT2D eigenvalue weighted by molar-refractivity contribution is 0.415. The van der Waals surface area contributed by atoms with E-state index in [0.29, 0.717) is 6.04 Å². The lowest BCUT2D eigenvalue weighted by atomic mass is 10.2. The largest absolute Gasteiger partial charge is 0.497 e. The van der Waals surface area contributed by atoms with E-state index in [1.165, 1.54) is 0 Å². The van der Waals surface area contributed by atoms with Gasteiger partial charge in [0.1, 0.15) is 5.75 Å². The van der Waals surface area contributed by atoms with Crippen molar-refractivity contribution in [1.82, 2.24) is 5.32 Å². The Morgan fingerprint density at radius 2 is 1.95 bits per heavy atom. The molecule has 0 spiro atoms. The molecule has 0 aromatic heterocycles. The molecule has 0 aliphatic rings. The number of hydrogen-bond donors (Lipinski definition) is 1. The van der Waals surface area contributed by atoms with Gasteiger partial charge >= 0.3 is 0 Å². The Kier molecular flexibility index (Phi) is 6.17. The SMILES string of the molecule is COc1ccc(N(C)CCC(C#N)NC(C)C)cc1. The van der Waals surface area contributed by atoms with Crippen LogP contribution in [-0.4, -0.2) is 32.8 Å². The van der Waals surface area contributed by atoms with Gasteiger partial charge in [-0.1, -0.05) is 0 Å². The first-order valence-corrected chi connectivity index (χ1v) is 6.57. The van der Waals surface area contributed by atoms with E-state index >= 15 is 0 Å². The Morgan fingerprint density at radius 1 is 1.32 bits per heavy atom. The molecule has 0 aliphatic heterocycles. The molecule has 1 aromatic rings. The van der Waals surface area contributed by atoms with Crippen LogP contribution in [0.5, 0.6) is 5.75 Å². The van der Waals surface area contributed by atoms with E-state index in [1.54, 1.807) is 7.11 Å². The van der Waals surface area contributed by atoms with Crippen molar-refractivity contribution in [2.24, 2.45) is 0 Å². The lowest BCUT2D eigenvalue weighted by Crippen LogP contribution is -2.36. The summed E-state index contributed by atoms with van der Waals surface area (Å²) in [6, 6.07) is 10.5. The van der Waals surface area contributed by atoms with E-state index in [2.05, 4.69) is 30.1 Å². The molecule has 4 heteroatoms. The first-order chi connectivity index (χ1) is 9.06. The molecule has 0 aliphatic carbocycles. The summed E-state index contributed by atoms with van der Waals surface area (Å²) in [6.45, 7) is 4.94. The van der Waals surface area contributed by atoms with Crippen molar-refractivity contribution in [3.8, 4) is 11.8 Å². The third kappa shape index (κ3) is 5.19. The van der Waals surface area contributed by atoms with Gasteiger partial charge in [-0.3, -0.25) is 5.32 Å². The van der Waals surface area contributed by atoms with E-state index in [-0.39, 0.29) is 6.04 Å². The molecule has 4 nitrogen and oxygen atoms in total. The molecular weight excluding hydrogens is 238 g/mol. The van der Waals surface area contributed by atoms with Crippen molar-refractivity contribution in [2.75, 3.05) is 25.6 Å². The zero-order valence-corrected chi connectivity index (χ0v) is 12.2. The second-order valence-electron chi connectivity index (χ2n) is 4.91. The number of nitriles is 1. The highest BCUT2D eigenvalue weighted by molar-refractivity contribution is 5.48. The molecule has 1 unspecified atom stereocenters. The molecule has 0 radical (unpaired) electrons. The van der Waals surface area contributed by atoms with Gasteiger partial charge in [-0.05, 0) is 44.5 Å². The van der Waals surface area contributed by atoms with Gasteiger partial charge in [0.05, 0.1) is 19.2 Å². The second-order valence-corrected chi connectivity index (χ2v) is 4.91. The van der Waals surface area contributed by atoms with Crippen LogP contribution < -0.4 is 15.0 Å². The summed E-state index contributed by atoms with van der Waals surface area (Å²) >= 11 is 0. The average molecular weight is 261 g/mol. The highest BCUT2D eigenvalue weighted by atomic mass is 16.5. The topological polar surface area (TPSA) is 48.3 Å². The number of ether oxygens (including phenoxy) is 1. The summed E-state index contributed by atoms with van der Waals surface area (Å²) in [5.41, 5.74) is 1.13. The Balaban J connectivity index is 2.49. The minimum Gasteiger partial charge on any atom is -0.497 e. The van der Waals surface area contributed by atoms with Crippen LogP contribution in [0.1, 0.15) is 20.3 Å². The van der Waals surface area contributed by atoms with Gasteiger partial charge < -0.3 is 9.64 Å². The number of nitrogens with one attached hydrogen (secondary N) is 1. The molecule has 1 aromatic carbocycles. The number of methoxy groups -OCH3 is 1. The van der Waals surface area contributed by atoms with E-state index < -0.39 is 0 Å². The van der Waals surface area contributed by atoms with Crippen molar-refractivity contribution in [1.29, 1.82) is 5.26 Å². The van der Waals surface area contributed by atoms with Gasteiger partial charge in [0.25, 0.3) is 0 Å². The maximum Gasteiger partial charge on any atom is 0.119 e. The number of anilines is 1. The van der Waals surface area contributed by atoms with Crippen molar-refractivity contribution in [3.05, 3.63) is 24.3 Å². The van der Waals surface area contributed by atoms with Crippen molar-refractivity contribution in [2.45, 2.75) is 32.4 Å². The predicted octanol–water partition coefficient (Wildman–Crippen LogP) is 2.41. The molecule has 0 fully saturated rings. The van der Waals surface area contributed by atoms with Crippen molar-refractivity contribution in [3.63, 3.8) is 0 Å². The van der Waals surface area contributed by atoms with Crippen LogP contribution in [0.3, 0.4) is 0 Å². The summed E-state index contributed by atoms with van der Waals surface area (Å²) in [7, 11) is 3.69. The van der Waals surface area contributed by atoms with Crippen LogP contribution in [0.4, 0.5) is 5.69 Å². The van der Waals surface area contributed by atoms with E-state index in [9.17, 15) is 0 Å². The van der Waals surface area contributed by atoms with Crippen molar-refractivity contribution < 1.29 is 4.74 Å². The number of rotatable bonds is 7. The molecule has 19 heavy (non-hydrogen) atoms. The molecule has 0 bridgehead atoms. The zero-order chi connectivity index (χ0) is 14.3. The van der Waals surface area contributed by atoms with Crippen LogP contribution in [0.15, 0.2) is 24.3 Å². The Morgan fingerprint density at radius 3 is 2.42 bits per heavy atom. The third-order valence-corrected chi connectivity index (χ3v) is 2.96. The highest BCUT2D eigenvalue weighted by Crippen LogP contribution is 2.18. The summed E-state index contributed by atoms with van der Waals surface area (Å²) in [5, 5.41) is 12.3. The Hall–Kier alpha value is -1.73. The van der Waals surface area contributed by atoms with Gasteiger partial charge in [0, 0.05) is 25.3 Å². The first-order valence-electron chi connectivity index (χ1n) is 6.57. The summed E-state index contributed by atoms with van der Waals surface area (Å²) in [5.74, 6) is 0.855. The molecular formula is C15H23N3O. The molecule has 1 N–H and O–H groups in total. The van der Waals surface area contributed by atoms with Gasteiger partial charge in [0.15, 0.2) is 0 Å². The summed E-state index contributed by atoms with van der Waals surface area (Å²) < 4.78 is 5.14. The van der Waals surface area contributed by atoms with Gasteiger partial charge in [0.2, 0.25) is 0 Å². The molecule has 0 saturated heterocycles. The molecule has 104 valence electrons. The van der Waals surface area contributed by atoms with Crippen LogP contribution >= 0.6 is 0 Å². The number of nitrogens with zero attached hydrogens (tertiary/aromatic N) is 2. The Bertz CT molecular complexity index is 408. The van der Waals surface area contributed by atoms with Crippen LogP contribution in [-0.2, 0) is 0 Å². The fraction of sp³-hybridized carbons (Fsp3) is 0.533. The van der Waals surface area contributed by atoms with Crippen LogP contribution in [0, 0.1) is 11.3 Å². The molecule has 0 saturated carbocycles. The first kappa shape index (κ1) is 15.3. The Labute approximate surface area is 116 Å². The van der Waals surface area contributed by atoms with E-state index in [4.69, 9.17) is 10.00 Å². The number of hydrogen-bond acceptors (Lipinski definition) is 4. The fourth-order valence-corrected chi connectivity index (χ4v) is 1.88. The van der Waals surface area contributed by atoms with E-state index in [1.807, 2.05) is 31.3 Å². The average Bonchev–Trinajstić information content (AvgIpc) is 2.42. The van der Waals surface area contributed by atoms with Crippen molar-refractivity contribution >= 4 is 5.69 Å². The maximum absolute atomic E-state index is 9.08. The molecule has 1 rings (SSSR count). The zero-order valence-electron chi connectivity index (χ0n) is 12.2. The molecule has 0 heterocycles. The second kappa shape index (κ2) is 7.65. The predicted molar refractivity (Wildman–Crippen MR) is 78.6 cm³/mol. The van der Waals surface area contributed by atoms with Gasteiger partial charge in [-0.25, -0.2) is 0 Å². The molecule has 1 atom stereocenters. The molecule has 0 amide bonds. The van der Waals surface area contributed by atoms with E-state index in [0.717, 1.165) is 24.4 Å². The highest BCUT2D eigenvalue weighted by Gasteiger charge is 2.10. The lowest BCUT2D eigenvalue weighted by Gasteiger charge is -2.22. The minimum atomic E-state index is -0.0966. The number of benzene rings is 1. The smallest absolute Gasteiger partial charge is 0.119 e. The summed E-state index contributed by atoms with van der Waals surface area (Å²) in [6.07, 6.45) is 0.803. The fourth-order valence-electron chi connectivity index (χ4n) is 1.88. The quantitative estimate of drug-likeness (QED) is 0.819. The third-order valence-electron chi connectivity index (χ3n) is 2.96. The maximum atomic E-state index is 9.08. The minimum absolute atomic E-state index is 0.0966. The monoisotopic (exact) mass is 261 g/mol. The van der Waals surface area contributed by atoms with Gasteiger partial charge in [-0.2, -0.15) is 5.26 Å². The van der Waals surface area contributed by atoms with Gasteiger partial charge in [-0.15, -0.1) is 0 Å². The van der Waals surface area contributed by atoms with Crippen LogP contribution in [0.25, 0.3) is 0 Å². The van der Waals surface area contributed by atoms with Crippen LogP contribution in [0.2, 0.25) is 0 Å². The normalized spacial score (nSPS) is 12.0. The standard InChI is InChI=1S/C15H23N3O/c1-12(2)17-13(11-16)9-10-18(3)14-5-7-15(19-4)8-6-14/h5-8,12-13,17H,9-10H2,1-4H3. The summed E-state index contributed by atoms with van der Waals surface area (Å²) in [4.78, 5) is 2.14.